The van der Waals surface area contributed by atoms with Crippen LogP contribution in [0.5, 0.6) is 0 Å². The summed E-state index contributed by atoms with van der Waals surface area (Å²) in [5.41, 5.74) is 0.964. The maximum Gasteiger partial charge on any atom is 0.247 e. The first-order chi connectivity index (χ1) is 7.25. The molecule has 0 saturated heterocycles. The predicted molar refractivity (Wildman–Crippen MR) is 55.2 cm³/mol. The highest BCUT2D eigenvalue weighted by Crippen LogP contribution is 2.39. The maximum atomic E-state index is 13.3. The molecule has 15 heavy (non-hydrogen) atoms. The lowest BCUT2D eigenvalue weighted by atomic mass is 10.1. The minimum absolute atomic E-state index is 0.116. The third-order valence-corrected chi connectivity index (χ3v) is 2.95. The van der Waals surface area contributed by atoms with Crippen LogP contribution < -0.4 is 10.6 Å². The van der Waals surface area contributed by atoms with Crippen molar-refractivity contribution in [3.63, 3.8) is 0 Å². The molecular weight excluding hydrogens is 195 g/mol. The van der Waals surface area contributed by atoms with Crippen LogP contribution in [0.4, 0.5) is 15.8 Å². The number of hydrogen-bond acceptors (Lipinski definition) is 2. The largest absolute Gasteiger partial charge is 0.372 e. The molecule has 2 N–H and O–H groups in total. The smallest absolute Gasteiger partial charge is 0.247 e. The Hall–Kier alpha value is -1.58. The van der Waals surface area contributed by atoms with Crippen LogP contribution in [0.15, 0.2) is 18.2 Å². The van der Waals surface area contributed by atoms with Gasteiger partial charge in [-0.3, -0.25) is 4.79 Å². The summed E-state index contributed by atoms with van der Waals surface area (Å²) in [6, 6.07) is 4.59. The molecule has 1 aromatic rings. The van der Waals surface area contributed by atoms with Gasteiger partial charge in [-0.2, -0.15) is 0 Å². The van der Waals surface area contributed by atoms with Gasteiger partial charge in [-0.1, -0.05) is 6.07 Å². The topological polar surface area (TPSA) is 41.1 Å². The van der Waals surface area contributed by atoms with Crippen LogP contribution in [0.2, 0.25) is 0 Å². The lowest BCUT2D eigenvalue weighted by Crippen LogP contribution is -2.40. The lowest BCUT2D eigenvalue weighted by molar-refractivity contribution is -0.117. The molecule has 0 spiro atoms. The highest BCUT2D eigenvalue weighted by molar-refractivity contribution is 6.03. The summed E-state index contributed by atoms with van der Waals surface area (Å²) in [4.78, 5) is 11.7. The minimum atomic E-state index is -0.386. The Morgan fingerprint density at radius 1 is 1.33 bits per heavy atom. The van der Waals surface area contributed by atoms with E-state index in [1.54, 1.807) is 12.1 Å². The lowest BCUT2D eigenvalue weighted by Gasteiger charge is -2.26. The molecule has 0 aromatic heterocycles. The molecule has 1 unspecified atom stereocenters. The molecule has 78 valence electrons. The number of anilines is 2. The fraction of sp³-hybridized carbons (Fsp3) is 0.364. The zero-order valence-corrected chi connectivity index (χ0v) is 8.09. The standard InChI is InChI=1S/C11H11FN2O/c12-7-2-1-3-8-10(7)14-11(15)9(13-8)6-4-5-6/h1-3,6,9,13H,4-5H2,(H,14,15). The van der Waals surface area contributed by atoms with Crippen molar-refractivity contribution < 1.29 is 9.18 Å². The predicted octanol–water partition coefficient (Wildman–Crippen LogP) is 1.97. The van der Waals surface area contributed by atoms with Crippen LogP contribution in [0.3, 0.4) is 0 Å². The Labute approximate surface area is 86.7 Å². The SMILES string of the molecule is O=C1Nc2c(F)cccc2NC1C1CC1. The first-order valence-corrected chi connectivity index (χ1v) is 5.11. The third kappa shape index (κ3) is 1.37. The van der Waals surface area contributed by atoms with Gasteiger partial charge in [0.2, 0.25) is 5.91 Å². The highest BCUT2D eigenvalue weighted by atomic mass is 19.1. The summed E-state index contributed by atoms with van der Waals surface area (Å²) in [5, 5.41) is 5.72. The Kier molecular flexibility index (Phi) is 1.71. The van der Waals surface area contributed by atoms with Crippen molar-refractivity contribution in [2.45, 2.75) is 18.9 Å². The molecule has 1 atom stereocenters. The number of benzene rings is 1. The molecule has 4 heteroatoms. The Balaban J connectivity index is 1.98. The number of hydrogen-bond donors (Lipinski definition) is 2. The summed E-state index contributed by atoms with van der Waals surface area (Å²) in [6.45, 7) is 0. The molecule has 1 aromatic carbocycles. The van der Waals surface area contributed by atoms with E-state index < -0.39 is 0 Å². The van der Waals surface area contributed by atoms with Gasteiger partial charge in [0.05, 0.1) is 5.69 Å². The number of carbonyl (C=O) groups excluding carboxylic acids is 1. The van der Waals surface area contributed by atoms with Crippen molar-refractivity contribution >= 4 is 17.3 Å². The van der Waals surface area contributed by atoms with Crippen LogP contribution in [-0.4, -0.2) is 11.9 Å². The normalized spacial score (nSPS) is 24.1. The number of carbonyl (C=O) groups is 1. The average Bonchev–Trinajstić information content (AvgIpc) is 3.02. The summed E-state index contributed by atoms with van der Waals surface area (Å²) < 4.78 is 13.3. The van der Waals surface area contributed by atoms with E-state index >= 15 is 0 Å². The van der Waals surface area contributed by atoms with Gasteiger partial charge in [-0.25, -0.2) is 4.39 Å². The monoisotopic (exact) mass is 206 g/mol. The molecule has 3 rings (SSSR count). The number of fused-ring (bicyclic) bond motifs is 1. The zero-order chi connectivity index (χ0) is 10.4. The Morgan fingerprint density at radius 2 is 2.13 bits per heavy atom. The van der Waals surface area contributed by atoms with E-state index in [1.165, 1.54) is 6.07 Å². The van der Waals surface area contributed by atoms with Gasteiger partial charge < -0.3 is 10.6 Å². The van der Waals surface area contributed by atoms with Crippen LogP contribution in [0.1, 0.15) is 12.8 Å². The van der Waals surface area contributed by atoms with Crippen molar-refractivity contribution in [1.82, 2.24) is 0 Å². The highest BCUT2D eigenvalue weighted by Gasteiger charge is 2.39. The van der Waals surface area contributed by atoms with E-state index in [1.807, 2.05) is 0 Å². The van der Waals surface area contributed by atoms with E-state index in [9.17, 15) is 9.18 Å². The molecule has 0 radical (unpaired) electrons. The molecule has 1 aliphatic carbocycles. The summed E-state index contributed by atoms with van der Waals surface area (Å²) >= 11 is 0. The van der Waals surface area contributed by atoms with Crippen molar-refractivity contribution in [1.29, 1.82) is 0 Å². The Bertz CT molecular complexity index is 429. The zero-order valence-electron chi connectivity index (χ0n) is 8.09. The molecule has 2 aliphatic rings. The quantitative estimate of drug-likeness (QED) is 0.737. The van der Waals surface area contributed by atoms with Gasteiger partial charge in [0.1, 0.15) is 17.5 Å². The summed E-state index contributed by atoms with van der Waals surface area (Å²) in [5.74, 6) is -0.0842. The van der Waals surface area contributed by atoms with Gasteiger partial charge in [-0.15, -0.1) is 0 Å². The van der Waals surface area contributed by atoms with Crippen molar-refractivity contribution in [3.05, 3.63) is 24.0 Å². The summed E-state index contributed by atoms with van der Waals surface area (Å²) in [7, 11) is 0. The molecule has 1 aliphatic heterocycles. The van der Waals surface area contributed by atoms with E-state index in [-0.39, 0.29) is 23.5 Å². The molecular formula is C11H11FN2O. The fourth-order valence-corrected chi connectivity index (χ4v) is 1.97. The van der Waals surface area contributed by atoms with Crippen molar-refractivity contribution in [2.75, 3.05) is 10.6 Å². The molecule has 1 fully saturated rings. The number of amides is 1. The Morgan fingerprint density at radius 3 is 2.87 bits per heavy atom. The molecule has 1 heterocycles. The van der Waals surface area contributed by atoms with Crippen molar-refractivity contribution in [2.24, 2.45) is 5.92 Å². The van der Waals surface area contributed by atoms with Gasteiger partial charge >= 0.3 is 0 Å². The molecule has 1 amide bonds. The molecule has 1 saturated carbocycles. The molecule has 3 nitrogen and oxygen atoms in total. The van der Waals surface area contributed by atoms with Gasteiger partial charge in [0.25, 0.3) is 0 Å². The van der Waals surface area contributed by atoms with E-state index in [0.717, 1.165) is 12.8 Å². The number of rotatable bonds is 1. The van der Waals surface area contributed by atoms with E-state index in [0.29, 0.717) is 11.6 Å². The van der Waals surface area contributed by atoms with Gasteiger partial charge in [0, 0.05) is 0 Å². The number of nitrogens with one attached hydrogen (secondary N) is 2. The van der Waals surface area contributed by atoms with Crippen LogP contribution in [-0.2, 0) is 4.79 Å². The van der Waals surface area contributed by atoms with Crippen LogP contribution in [0.25, 0.3) is 0 Å². The second-order valence-corrected chi connectivity index (χ2v) is 4.11. The fourth-order valence-electron chi connectivity index (χ4n) is 1.97. The second kappa shape index (κ2) is 2.95. The van der Waals surface area contributed by atoms with Gasteiger partial charge in [0.15, 0.2) is 0 Å². The first kappa shape index (κ1) is 8.71. The minimum Gasteiger partial charge on any atom is -0.372 e. The number of para-hydroxylation sites is 1. The maximum absolute atomic E-state index is 13.3. The third-order valence-electron chi connectivity index (χ3n) is 2.95. The van der Waals surface area contributed by atoms with E-state index in [2.05, 4.69) is 10.6 Å². The van der Waals surface area contributed by atoms with Crippen LogP contribution >= 0.6 is 0 Å². The summed E-state index contributed by atoms with van der Waals surface area (Å²) in [6.07, 6.45) is 2.16. The number of halogens is 1. The van der Waals surface area contributed by atoms with Gasteiger partial charge in [-0.05, 0) is 30.9 Å². The second-order valence-electron chi connectivity index (χ2n) is 4.11. The molecule has 0 bridgehead atoms. The van der Waals surface area contributed by atoms with E-state index in [4.69, 9.17) is 0 Å². The first-order valence-electron chi connectivity index (χ1n) is 5.11. The van der Waals surface area contributed by atoms with Crippen molar-refractivity contribution in [3.8, 4) is 0 Å². The average molecular weight is 206 g/mol. The van der Waals surface area contributed by atoms with Crippen LogP contribution in [0, 0.1) is 11.7 Å².